The Labute approximate surface area is 163 Å². The number of nitriles is 1. The van der Waals surface area contributed by atoms with Gasteiger partial charge < -0.3 is 16.0 Å². The van der Waals surface area contributed by atoms with Crippen LogP contribution in [0.2, 0.25) is 0 Å². The van der Waals surface area contributed by atoms with E-state index in [-0.39, 0.29) is 17.9 Å². The van der Waals surface area contributed by atoms with Crippen LogP contribution in [-0.2, 0) is 9.59 Å². The predicted octanol–water partition coefficient (Wildman–Crippen LogP) is 2.87. The molecular weight excluding hydrogens is 340 g/mol. The summed E-state index contributed by atoms with van der Waals surface area (Å²) in [5.74, 6) is 0.355. The second kappa shape index (κ2) is 10.7. The van der Waals surface area contributed by atoms with Crippen LogP contribution in [0.25, 0.3) is 0 Å². The summed E-state index contributed by atoms with van der Waals surface area (Å²) >= 11 is 0. The van der Waals surface area contributed by atoms with Crippen LogP contribution in [-0.4, -0.2) is 41.4 Å². The molecule has 2 amide bonds. The summed E-state index contributed by atoms with van der Waals surface area (Å²) in [6.45, 7) is 3.85. The Kier molecular flexibility index (Phi) is 8.56. The molecule has 0 aromatic heterocycles. The van der Waals surface area contributed by atoms with Crippen molar-refractivity contribution in [1.29, 1.82) is 5.26 Å². The minimum absolute atomic E-state index is 0.000263. The second-order valence-corrected chi connectivity index (χ2v) is 8.43. The van der Waals surface area contributed by atoms with E-state index in [1.807, 2.05) is 0 Å². The van der Waals surface area contributed by atoms with Gasteiger partial charge in [-0.15, -0.1) is 0 Å². The van der Waals surface area contributed by atoms with Gasteiger partial charge in [-0.1, -0.05) is 39.0 Å². The number of nitrogens with two attached hydrogens (primary N) is 1. The summed E-state index contributed by atoms with van der Waals surface area (Å²) in [7, 11) is 0. The third-order valence-corrected chi connectivity index (χ3v) is 6.26. The van der Waals surface area contributed by atoms with Gasteiger partial charge in [0.25, 0.3) is 0 Å². The number of nitrogens with zero attached hydrogens (tertiary/aromatic N) is 2. The van der Waals surface area contributed by atoms with Crippen molar-refractivity contribution in [2.24, 2.45) is 11.7 Å². The molecule has 2 rings (SSSR count). The fraction of sp³-hybridized carbons (Fsp3) is 0.857. The summed E-state index contributed by atoms with van der Waals surface area (Å²) < 4.78 is 0. The molecule has 3 N–H and O–H groups in total. The van der Waals surface area contributed by atoms with E-state index in [0.717, 1.165) is 25.9 Å². The quantitative estimate of drug-likeness (QED) is 0.646. The largest absolute Gasteiger partial charge is 0.370 e. The van der Waals surface area contributed by atoms with E-state index in [4.69, 9.17) is 5.73 Å². The molecule has 1 aliphatic carbocycles. The van der Waals surface area contributed by atoms with E-state index in [0.29, 0.717) is 38.0 Å². The number of amides is 2. The van der Waals surface area contributed by atoms with Gasteiger partial charge >= 0.3 is 0 Å². The smallest absolute Gasteiger partial charge is 0.221 e. The lowest BCUT2D eigenvalue weighted by Gasteiger charge is -2.43. The monoisotopic (exact) mass is 376 g/mol. The number of carbonyl (C=O) groups excluding carboxylic acids is 2. The lowest BCUT2D eigenvalue weighted by atomic mass is 9.82. The van der Waals surface area contributed by atoms with Crippen molar-refractivity contribution < 1.29 is 9.59 Å². The third-order valence-electron chi connectivity index (χ3n) is 6.26. The molecule has 27 heavy (non-hydrogen) atoms. The maximum Gasteiger partial charge on any atom is 0.221 e. The highest BCUT2D eigenvalue weighted by molar-refractivity contribution is 5.77. The molecule has 1 heterocycles. The average Bonchev–Trinajstić information content (AvgIpc) is 2.67. The van der Waals surface area contributed by atoms with Crippen molar-refractivity contribution in [2.45, 2.75) is 95.6 Å². The molecule has 0 aromatic carbocycles. The molecule has 2 fully saturated rings. The van der Waals surface area contributed by atoms with Gasteiger partial charge in [0.1, 0.15) is 5.54 Å². The number of likely N-dealkylation sites (tertiary alicyclic amines) is 1. The summed E-state index contributed by atoms with van der Waals surface area (Å²) in [4.78, 5) is 26.1. The van der Waals surface area contributed by atoms with Gasteiger partial charge in [0, 0.05) is 25.4 Å². The van der Waals surface area contributed by atoms with E-state index in [9.17, 15) is 14.9 Å². The Balaban J connectivity index is 1.91. The normalized spacial score (nSPS) is 27.0. The first kappa shape index (κ1) is 21.7. The maximum atomic E-state index is 12.5. The molecular formula is C21H36N4O2. The lowest BCUT2D eigenvalue weighted by molar-refractivity contribution is -0.124. The highest BCUT2D eigenvalue weighted by Crippen LogP contribution is 2.30. The SMILES string of the molecule is CCCN1CCC(C#N)(NC(=O)CCC2CCCCC2)CC1CCC(N)=O. The summed E-state index contributed by atoms with van der Waals surface area (Å²) in [6, 6.07) is 2.51. The number of primary amides is 1. The lowest BCUT2D eigenvalue weighted by Crippen LogP contribution is -2.58. The first-order valence-electron chi connectivity index (χ1n) is 10.7. The van der Waals surface area contributed by atoms with Crippen LogP contribution in [0.15, 0.2) is 0 Å². The fourth-order valence-corrected chi connectivity index (χ4v) is 4.71. The molecule has 1 saturated carbocycles. The summed E-state index contributed by atoms with van der Waals surface area (Å²) in [5.41, 5.74) is 4.52. The highest BCUT2D eigenvalue weighted by atomic mass is 16.2. The van der Waals surface area contributed by atoms with E-state index < -0.39 is 5.54 Å². The van der Waals surface area contributed by atoms with Crippen LogP contribution in [0.4, 0.5) is 0 Å². The molecule has 0 bridgehead atoms. The van der Waals surface area contributed by atoms with Crippen LogP contribution < -0.4 is 11.1 Å². The Bertz CT molecular complexity index is 539. The predicted molar refractivity (Wildman–Crippen MR) is 106 cm³/mol. The topological polar surface area (TPSA) is 99.2 Å². The van der Waals surface area contributed by atoms with Crippen LogP contribution >= 0.6 is 0 Å². The van der Waals surface area contributed by atoms with Crippen molar-refractivity contribution >= 4 is 11.8 Å². The van der Waals surface area contributed by atoms with Crippen molar-refractivity contribution in [3.05, 3.63) is 0 Å². The molecule has 2 aliphatic rings. The minimum atomic E-state index is -0.809. The highest BCUT2D eigenvalue weighted by Gasteiger charge is 2.40. The first-order valence-corrected chi connectivity index (χ1v) is 10.7. The van der Waals surface area contributed by atoms with Gasteiger partial charge in [-0.3, -0.25) is 9.59 Å². The van der Waals surface area contributed by atoms with Gasteiger partial charge in [-0.05, 0) is 44.6 Å². The second-order valence-electron chi connectivity index (χ2n) is 8.43. The molecule has 2 atom stereocenters. The zero-order chi connectivity index (χ0) is 19.7. The Morgan fingerprint density at radius 1 is 1.22 bits per heavy atom. The van der Waals surface area contributed by atoms with E-state index in [1.165, 1.54) is 32.1 Å². The van der Waals surface area contributed by atoms with E-state index >= 15 is 0 Å². The first-order chi connectivity index (χ1) is 13.0. The van der Waals surface area contributed by atoms with Gasteiger partial charge in [0.05, 0.1) is 6.07 Å². The van der Waals surface area contributed by atoms with E-state index in [2.05, 4.69) is 23.2 Å². The van der Waals surface area contributed by atoms with Crippen molar-refractivity contribution in [1.82, 2.24) is 10.2 Å². The van der Waals surface area contributed by atoms with Gasteiger partial charge in [0.15, 0.2) is 0 Å². The number of piperidine rings is 1. The molecule has 6 nitrogen and oxygen atoms in total. The van der Waals surface area contributed by atoms with Crippen molar-refractivity contribution in [2.75, 3.05) is 13.1 Å². The molecule has 6 heteroatoms. The Hall–Kier alpha value is -1.61. The molecule has 1 aliphatic heterocycles. The Morgan fingerprint density at radius 2 is 1.96 bits per heavy atom. The van der Waals surface area contributed by atoms with E-state index in [1.54, 1.807) is 0 Å². The number of carbonyl (C=O) groups is 2. The van der Waals surface area contributed by atoms with Gasteiger partial charge in [-0.2, -0.15) is 5.26 Å². The molecule has 0 aromatic rings. The zero-order valence-corrected chi connectivity index (χ0v) is 16.8. The van der Waals surface area contributed by atoms with Crippen molar-refractivity contribution in [3.8, 4) is 6.07 Å². The van der Waals surface area contributed by atoms with Crippen LogP contribution in [0.1, 0.15) is 84.0 Å². The van der Waals surface area contributed by atoms with Gasteiger partial charge in [-0.25, -0.2) is 0 Å². The van der Waals surface area contributed by atoms with Gasteiger partial charge in [0.2, 0.25) is 11.8 Å². The molecule has 1 saturated heterocycles. The molecule has 152 valence electrons. The minimum Gasteiger partial charge on any atom is -0.370 e. The summed E-state index contributed by atoms with van der Waals surface area (Å²) in [6.07, 6.45) is 11.0. The molecule has 2 unspecified atom stereocenters. The summed E-state index contributed by atoms with van der Waals surface area (Å²) in [5, 5.41) is 12.9. The zero-order valence-electron chi connectivity index (χ0n) is 16.8. The van der Waals surface area contributed by atoms with Crippen molar-refractivity contribution in [3.63, 3.8) is 0 Å². The van der Waals surface area contributed by atoms with Crippen LogP contribution in [0, 0.1) is 17.2 Å². The number of nitrogens with one attached hydrogen (secondary N) is 1. The number of hydrogen-bond donors (Lipinski definition) is 2. The molecule has 0 radical (unpaired) electrons. The van der Waals surface area contributed by atoms with Crippen LogP contribution in [0.5, 0.6) is 0 Å². The standard InChI is InChI=1S/C21H36N4O2/c1-2-13-25-14-12-21(16-22,15-18(25)9-10-19(23)26)24-20(27)11-8-17-6-4-3-5-7-17/h17-18H,2-15H2,1H3,(H2,23,26)(H,24,27). The van der Waals surface area contributed by atoms with Crippen LogP contribution in [0.3, 0.4) is 0 Å². The third kappa shape index (κ3) is 6.80. The number of rotatable bonds is 9. The molecule has 0 spiro atoms. The Morgan fingerprint density at radius 3 is 2.59 bits per heavy atom. The average molecular weight is 377 g/mol. The maximum absolute atomic E-state index is 12.5. The number of hydrogen-bond acceptors (Lipinski definition) is 4. The fourth-order valence-electron chi connectivity index (χ4n) is 4.71.